The number of anilines is 1. The van der Waals surface area contributed by atoms with Crippen LogP contribution in [0.3, 0.4) is 0 Å². The summed E-state index contributed by atoms with van der Waals surface area (Å²) < 4.78 is 0. The standard InChI is InChI=1S/C16H18N2O3S/c1-2-11(15(20)21)8-9-14(19)18-16-17-13(10-22-16)12-6-4-3-5-7-12/h3-7,10-11H,2,8-9H2,1H3,(H,20,21)(H,17,18,19)/t11-/m0/s1. The molecule has 1 atom stereocenters. The SMILES string of the molecule is CC[C@@H](CCC(=O)Nc1nc(-c2ccccc2)cs1)C(=O)O. The summed E-state index contributed by atoms with van der Waals surface area (Å²) in [6.07, 6.45) is 1.05. The fourth-order valence-corrected chi connectivity index (χ4v) is 2.80. The molecule has 0 fully saturated rings. The van der Waals surface area contributed by atoms with E-state index >= 15 is 0 Å². The highest BCUT2D eigenvalue weighted by atomic mass is 32.1. The predicted molar refractivity (Wildman–Crippen MR) is 86.8 cm³/mol. The van der Waals surface area contributed by atoms with E-state index in [4.69, 9.17) is 5.11 Å². The first-order chi connectivity index (χ1) is 10.6. The monoisotopic (exact) mass is 318 g/mol. The topological polar surface area (TPSA) is 79.3 Å². The third-order valence-electron chi connectivity index (χ3n) is 3.38. The van der Waals surface area contributed by atoms with Gasteiger partial charge < -0.3 is 10.4 Å². The minimum Gasteiger partial charge on any atom is -0.481 e. The minimum atomic E-state index is -0.851. The highest BCUT2D eigenvalue weighted by molar-refractivity contribution is 7.14. The first-order valence-corrected chi connectivity index (χ1v) is 8.01. The van der Waals surface area contributed by atoms with Gasteiger partial charge in [-0.3, -0.25) is 9.59 Å². The van der Waals surface area contributed by atoms with Gasteiger partial charge in [-0.25, -0.2) is 4.98 Å². The van der Waals surface area contributed by atoms with Crippen molar-refractivity contribution in [1.29, 1.82) is 0 Å². The van der Waals surface area contributed by atoms with Crippen molar-refractivity contribution in [3.63, 3.8) is 0 Å². The average molecular weight is 318 g/mol. The molecule has 2 N–H and O–H groups in total. The summed E-state index contributed by atoms with van der Waals surface area (Å²) in [5, 5.41) is 14.1. The molecule has 0 saturated heterocycles. The van der Waals surface area contributed by atoms with Crippen molar-refractivity contribution < 1.29 is 14.7 Å². The maximum Gasteiger partial charge on any atom is 0.306 e. The number of nitrogens with zero attached hydrogens (tertiary/aromatic N) is 1. The Morgan fingerprint density at radius 3 is 2.68 bits per heavy atom. The molecule has 0 bridgehead atoms. The molecule has 0 aliphatic rings. The van der Waals surface area contributed by atoms with Gasteiger partial charge in [-0.1, -0.05) is 37.3 Å². The van der Waals surface area contributed by atoms with Crippen molar-refractivity contribution in [3.8, 4) is 11.3 Å². The van der Waals surface area contributed by atoms with Crippen LogP contribution in [-0.2, 0) is 9.59 Å². The number of nitrogens with one attached hydrogen (secondary N) is 1. The van der Waals surface area contributed by atoms with E-state index in [0.717, 1.165) is 11.3 Å². The molecule has 1 aromatic heterocycles. The van der Waals surface area contributed by atoms with Crippen molar-refractivity contribution in [2.45, 2.75) is 26.2 Å². The van der Waals surface area contributed by atoms with Gasteiger partial charge in [-0.05, 0) is 12.8 Å². The van der Waals surface area contributed by atoms with Gasteiger partial charge in [0.1, 0.15) is 0 Å². The van der Waals surface area contributed by atoms with Gasteiger partial charge in [0.25, 0.3) is 0 Å². The van der Waals surface area contributed by atoms with Crippen molar-refractivity contribution in [2.75, 3.05) is 5.32 Å². The van der Waals surface area contributed by atoms with Gasteiger partial charge in [-0.2, -0.15) is 0 Å². The van der Waals surface area contributed by atoms with Crippen LogP contribution in [-0.4, -0.2) is 22.0 Å². The molecule has 22 heavy (non-hydrogen) atoms. The first kappa shape index (κ1) is 16.2. The van der Waals surface area contributed by atoms with Gasteiger partial charge >= 0.3 is 5.97 Å². The summed E-state index contributed by atoms with van der Waals surface area (Å²) in [5.41, 5.74) is 1.81. The number of amides is 1. The van der Waals surface area contributed by atoms with Crippen LogP contribution in [0.5, 0.6) is 0 Å². The Hall–Kier alpha value is -2.21. The van der Waals surface area contributed by atoms with Gasteiger partial charge in [-0.15, -0.1) is 11.3 Å². The summed E-state index contributed by atoms with van der Waals surface area (Å²) in [6.45, 7) is 1.81. The van der Waals surface area contributed by atoms with Gasteiger partial charge in [0.2, 0.25) is 5.91 Å². The number of rotatable bonds is 7. The van der Waals surface area contributed by atoms with E-state index in [9.17, 15) is 9.59 Å². The number of benzene rings is 1. The molecule has 0 aliphatic carbocycles. The number of hydrogen-bond donors (Lipinski definition) is 2. The van der Waals surface area contributed by atoms with Crippen LogP contribution in [0.1, 0.15) is 26.2 Å². The third kappa shape index (κ3) is 4.39. The summed E-state index contributed by atoms with van der Waals surface area (Å²) in [4.78, 5) is 27.2. The van der Waals surface area contributed by atoms with Crippen LogP contribution in [0.15, 0.2) is 35.7 Å². The van der Waals surface area contributed by atoms with Crippen LogP contribution in [0, 0.1) is 5.92 Å². The predicted octanol–water partition coefficient (Wildman–Crippen LogP) is 3.64. The molecule has 0 aliphatic heterocycles. The number of thiazole rings is 1. The molecular weight excluding hydrogens is 300 g/mol. The Kier molecular flexibility index (Phi) is 5.66. The van der Waals surface area contributed by atoms with Crippen LogP contribution < -0.4 is 5.32 Å². The molecule has 2 aromatic rings. The zero-order valence-electron chi connectivity index (χ0n) is 12.3. The second-order valence-electron chi connectivity index (χ2n) is 4.93. The molecule has 1 aromatic carbocycles. The zero-order valence-corrected chi connectivity index (χ0v) is 13.1. The molecule has 6 heteroatoms. The second kappa shape index (κ2) is 7.70. The quantitative estimate of drug-likeness (QED) is 0.817. The normalized spacial score (nSPS) is 11.9. The molecule has 2 rings (SSSR count). The van der Waals surface area contributed by atoms with Gasteiger partial charge in [0.05, 0.1) is 11.6 Å². The minimum absolute atomic E-state index is 0.186. The maximum atomic E-state index is 11.9. The first-order valence-electron chi connectivity index (χ1n) is 7.13. The molecule has 116 valence electrons. The Morgan fingerprint density at radius 1 is 1.32 bits per heavy atom. The lowest BCUT2D eigenvalue weighted by Crippen LogP contribution is -2.17. The lowest BCUT2D eigenvalue weighted by molar-refractivity contribution is -0.142. The lowest BCUT2D eigenvalue weighted by atomic mass is 10.0. The molecule has 0 spiro atoms. The Balaban J connectivity index is 1.90. The van der Waals surface area contributed by atoms with E-state index in [-0.39, 0.29) is 12.3 Å². The van der Waals surface area contributed by atoms with E-state index < -0.39 is 11.9 Å². The summed E-state index contributed by atoms with van der Waals surface area (Å²) in [6, 6.07) is 9.72. The molecule has 0 radical (unpaired) electrons. The second-order valence-corrected chi connectivity index (χ2v) is 5.79. The van der Waals surface area contributed by atoms with Gasteiger partial charge in [0.15, 0.2) is 5.13 Å². The van der Waals surface area contributed by atoms with Crippen LogP contribution >= 0.6 is 11.3 Å². The lowest BCUT2D eigenvalue weighted by Gasteiger charge is -2.08. The number of aliphatic carboxylic acids is 1. The Bertz CT molecular complexity index is 640. The smallest absolute Gasteiger partial charge is 0.306 e. The van der Waals surface area contributed by atoms with E-state index in [1.165, 1.54) is 11.3 Å². The fraction of sp³-hybridized carbons (Fsp3) is 0.312. The third-order valence-corrected chi connectivity index (χ3v) is 4.14. The summed E-state index contributed by atoms with van der Waals surface area (Å²) >= 11 is 1.36. The fourth-order valence-electron chi connectivity index (χ4n) is 2.06. The number of carbonyl (C=O) groups is 2. The maximum absolute atomic E-state index is 11.9. The van der Waals surface area contributed by atoms with Crippen LogP contribution in [0.4, 0.5) is 5.13 Å². The van der Waals surface area contributed by atoms with Crippen molar-refractivity contribution >= 4 is 28.3 Å². The zero-order chi connectivity index (χ0) is 15.9. The number of carboxylic acid groups (broad SMARTS) is 1. The number of aromatic nitrogens is 1. The van der Waals surface area contributed by atoms with E-state index in [1.807, 2.05) is 42.6 Å². The van der Waals surface area contributed by atoms with E-state index in [2.05, 4.69) is 10.3 Å². The molecule has 5 nitrogen and oxygen atoms in total. The molecular formula is C16H18N2O3S. The highest BCUT2D eigenvalue weighted by Crippen LogP contribution is 2.24. The van der Waals surface area contributed by atoms with Gasteiger partial charge in [0, 0.05) is 17.4 Å². The van der Waals surface area contributed by atoms with Crippen LogP contribution in [0.25, 0.3) is 11.3 Å². The Labute approximate surface area is 133 Å². The van der Waals surface area contributed by atoms with Crippen molar-refractivity contribution in [1.82, 2.24) is 4.98 Å². The molecule has 1 amide bonds. The summed E-state index contributed by atoms with van der Waals surface area (Å²) in [7, 11) is 0. The van der Waals surface area contributed by atoms with Crippen molar-refractivity contribution in [3.05, 3.63) is 35.7 Å². The Morgan fingerprint density at radius 2 is 2.05 bits per heavy atom. The van der Waals surface area contributed by atoms with E-state index in [1.54, 1.807) is 0 Å². The largest absolute Gasteiger partial charge is 0.481 e. The molecule has 1 heterocycles. The summed E-state index contributed by atoms with van der Waals surface area (Å²) in [5.74, 6) is -1.52. The average Bonchev–Trinajstić information content (AvgIpc) is 2.97. The molecule has 0 unspecified atom stereocenters. The number of carbonyl (C=O) groups excluding carboxylic acids is 1. The highest BCUT2D eigenvalue weighted by Gasteiger charge is 2.17. The number of hydrogen-bond acceptors (Lipinski definition) is 4. The van der Waals surface area contributed by atoms with Crippen LogP contribution in [0.2, 0.25) is 0 Å². The van der Waals surface area contributed by atoms with Crippen molar-refractivity contribution in [2.24, 2.45) is 5.92 Å². The van der Waals surface area contributed by atoms with E-state index in [0.29, 0.717) is 18.0 Å². The number of carboxylic acids is 1. The molecule has 0 saturated carbocycles.